The van der Waals surface area contributed by atoms with E-state index in [4.69, 9.17) is 5.26 Å². The minimum absolute atomic E-state index is 0.0275. The SMILES string of the molecule is CC(C)(C)c1nc(C(C)(C)C)c(C#N)s1. The average Bonchev–Trinajstić information content (AvgIpc) is 2.44. The third kappa shape index (κ3) is 2.57. The Hall–Kier alpha value is -0.880. The third-order valence-electron chi connectivity index (χ3n) is 2.08. The van der Waals surface area contributed by atoms with Crippen LogP contribution in [0.4, 0.5) is 0 Å². The van der Waals surface area contributed by atoms with E-state index >= 15 is 0 Å². The van der Waals surface area contributed by atoms with Crippen LogP contribution in [-0.2, 0) is 10.8 Å². The van der Waals surface area contributed by atoms with Crippen molar-refractivity contribution in [2.45, 2.75) is 52.4 Å². The minimum Gasteiger partial charge on any atom is -0.244 e. The van der Waals surface area contributed by atoms with E-state index < -0.39 is 0 Å². The van der Waals surface area contributed by atoms with Gasteiger partial charge in [-0.1, -0.05) is 41.5 Å². The maximum absolute atomic E-state index is 9.08. The summed E-state index contributed by atoms with van der Waals surface area (Å²) in [5.74, 6) is 0. The van der Waals surface area contributed by atoms with Gasteiger partial charge in [-0.05, 0) is 0 Å². The van der Waals surface area contributed by atoms with Crippen molar-refractivity contribution in [3.8, 4) is 6.07 Å². The van der Waals surface area contributed by atoms with Crippen LogP contribution in [0.15, 0.2) is 0 Å². The maximum atomic E-state index is 9.08. The predicted octanol–water partition coefficient (Wildman–Crippen LogP) is 3.61. The molecule has 0 atom stereocenters. The van der Waals surface area contributed by atoms with Crippen LogP contribution in [0.2, 0.25) is 0 Å². The molecule has 0 N–H and O–H groups in total. The van der Waals surface area contributed by atoms with Gasteiger partial charge in [-0.25, -0.2) is 4.98 Å². The van der Waals surface area contributed by atoms with Gasteiger partial charge in [0, 0.05) is 10.8 Å². The summed E-state index contributed by atoms with van der Waals surface area (Å²) in [6.07, 6.45) is 0. The first-order chi connectivity index (χ1) is 6.66. The summed E-state index contributed by atoms with van der Waals surface area (Å²) < 4.78 is 0. The normalized spacial score (nSPS) is 12.6. The second-order valence-corrected chi connectivity index (χ2v) is 6.81. The number of hydrogen-bond donors (Lipinski definition) is 0. The summed E-state index contributed by atoms with van der Waals surface area (Å²) in [6, 6.07) is 2.25. The van der Waals surface area contributed by atoms with Crippen LogP contribution in [0.5, 0.6) is 0 Å². The molecule has 0 aliphatic carbocycles. The Morgan fingerprint density at radius 3 is 1.87 bits per heavy atom. The van der Waals surface area contributed by atoms with Gasteiger partial charge in [0.2, 0.25) is 0 Å². The van der Waals surface area contributed by atoms with Gasteiger partial charge in [-0.2, -0.15) is 5.26 Å². The molecule has 0 aromatic carbocycles. The number of thiazole rings is 1. The first-order valence-corrected chi connectivity index (χ1v) is 5.90. The van der Waals surface area contributed by atoms with Crippen LogP contribution in [0.1, 0.15) is 57.1 Å². The van der Waals surface area contributed by atoms with E-state index in [2.05, 4.69) is 52.6 Å². The summed E-state index contributed by atoms with van der Waals surface area (Å²) in [6.45, 7) is 12.7. The predicted molar refractivity (Wildman–Crippen MR) is 64.2 cm³/mol. The molecule has 3 heteroatoms. The van der Waals surface area contributed by atoms with E-state index in [9.17, 15) is 0 Å². The zero-order valence-corrected chi connectivity index (χ0v) is 11.1. The van der Waals surface area contributed by atoms with E-state index in [0.717, 1.165) is 15.6 Å². The summed E-state index contributed by atoms with van der Waals surface area (Å²) in [7, 11) is 0. The van der Waals surface area contributed by atoms with Crippen molar-refractivity contribution in [3.63, 3.8) is 0 Å². The molecule has 0 unspecified atom stereocenters. The third-order valence-corrected chi connectivity index (χ3v) is 3.47. The molecule has 0 saturated carbocycles. The maximum Gasteiger partial charge on any atom is 0.128 e. The lowest BCUT2D eigenvalue weighted by Gasteiger charge is -2.17. The average molecular weight is 222 g/mol. The van der Waals surface area contributed by atoms with E-state index in [0.29, 0.717) is 0 Å². The van der Waals surface area contributed by atoms with Gasteiger partial charge in [-0.3, -0.25) is 0 Å². The standard InChI is InChI=1S/C12H18N2S/c1-11(2,3)9-8(7-13)15-10(14-9)12(4,5)6/h1-6H3. The van der Waals surface area contributed by atoms with Gasteiger partial charge in [0.15, 0.2) is 0 Å². The Morgan fingerprint density at radius 1 is 1.07 bits per heavy atom. The molecule has 0 fully saturated rings. The van der Waals surface area contributed by atoms with Gasteiger partial charge in [0.25, 0.3) is 0 Å². The summed E-state index contributed by atoms with van der Waals surface area (Å²) in [4.78, 5) is 5.38. The minimum atomic E-state index is -0.0505. The quantitative estimate of drug-likeness (QED) is 0.672. The molecule has 1 rings (SSSR count). The van der Waals surface area contributed by atoms with Crippen molar-refractivity contribution in [2.24, 2.45) is 0 Å². The Kier molecular flexibility index (Phi) is 2.93. The molecule has 0 saturated heterocycles. The molecular formula is C12H18N2S. The summed E-state index contributed by atoms with van der Waals surface area (Å²) >= 11 is 1.52. The van der Waals surface area contributed by atoms with Crippen molar-refractivity contribution < 1.29 is 0 Å². The second kappa shape index (κ2) is 3.61. The van der Waals surface area contributed by atoms with Crippen molar-refractivity contribution in [1.29, 1.82) is 5.26 Å². The highest BCUT2D eigenvalue weighted by Crippen LogP contribution is 2.34. The Balaban J connectivity index is 3.32. The molecule has 15 heavy (non-hydrogen) atoms. The molecule has 1 heterocycles. The first-order valence-electron chi connectivity index (χ1n) is 5.08. The molecule has 2 nitrogen and oxygen atoms in total. The number of rotatable bonds is 0. The van der Waals surface area contributed by atoms with Gasteiger partial charge in [-0.15, -0.1) is 11.3 Å². The molecule has 0 aliphatic rings. The lowest BCUT2D eigenvalue weighted by atomic mass is 9.91. The molecule has 0 aliphatic heterocycles. The fourth-order valence-electron chi connectivity index (χ4n) is 1.23. The van der Waals surface area contributed by atoms with Crippen LogP contribution in [0.25, 0.3) is 0 Å². The number of nitrogens with zero attached hydrogens (tertiary/aromatic N) is 2. The molecule has 82 valence electrons. The monoisotopic (exact) mass is 222 g/mol. The van der Waals surface area contributed by atoms with E-state index in [1.54, 1.807) is 0 Å². The van der Waals surface area contributed by atoms with E-state index in [-0.39, 0.29) is 10.8 Å². The molecular weight excluding hydrogens is 204 g/mol. The lowest BCUT2D eigenvalue weighted by molar-refractivity contribution is 0.546. The number of hydrogen-bond acceptors (Lipinski definition) is 3. The summed E-state index contributed by atoms with van der Waals surface area (Å²) in [5.41, 5.74) is 0.908. The van der Waals surface area contributed by atoms with Gasteiger partial charge in [0.1, 0.15) is 10.9 Å². The highest BCUT2D eigenvalue weighted by molar-refractivity contribution is 7.12. The van der Waals surface area contributed by atoms with Crippen LogP contribution in [0.3, 0.4) is 0 Å². The Labute approximate surface area is 96.0 Å². The second-order valence-electron chi connectivity index (χ2n) is 5.81. The summed E-state index contributed by atoms with van der Waals surface area (Å²) in [5, 5.41) is 10.1. The van der Waals surface area contributed by atoms with Crippen LogP contribution < -0.4 is 0 Å². The molecule has 0 amide bonds. The lowest BCUT2D eigenvalue weighted by Crippen LogP contribution is -2.15. The van der Waals surface area contributed by atoms with Gasteiger partial charge < -0.3 is 0 Å². The van der Waals surface area contributed by atoms with Crippen LogP contribution in [-0.4, -0.2) is 4.98 Å². The molecule has 0 radical (unpaired) electrons. The molecule has 1 aromatic rings. The smallest absolute Gasteiger partial charge is 0.128 e. The van der Waals surface area contributed by atoms with Crippen molar-refractivity contribution >= 4 is 11.3 Å². The van der Waals surface area contributed by atoms with Crippen LogP contribution >= 0.6 is 11.3 Å². The highest BCUT2D eigenvalue weighted by atomic mass is 32.1. The zero-order valence-electron chi connectivity index (χ0n) is 10.3. The highest BCUT2D eigenvalue weighted by Gasteiger charge is 2.27. The largest absolute Gasteiger partial charge is 0.244 e. The van der Waals surface area contributed by atoms with E-state index in [1.165, 1.54) is 11.3 Å². The first kappa shape index (κ1) is 12.2. The zero-order chi connectivity index (χ0) is 11.9. The van der Waals surface area contributed by atoms with Crippen LogP contribution in [0, 0.1) is 11.3 Å². The topological polar surface area (TPSA) is 36.7 Å². The number of aromatic nitrogens is 1. The Bertz CT molecular complexity index is 397. The molecule has 0 spiro atoms. The molecule has 0 bridgehead atoms. The Morgan fingerprint density at radius 2 is 1.60 bits per heavy atom. The van der Waals surface area contributed by atoms with Gasteiger partial charge >= 0.3 is 0 Å². The van der Waals surface area contributed by atoms with Crippen molar-refractivity contribution in [3.05, 3.63) is 15.6 Å². The number of nitriles is 1. The fourth-order valence-corrected chi connectivity index (χ4v) is 2.36. The van der Waals surface area contributed by atoms with Crippen molar-refractivity contribution in [1.82, 2.24) is 4.98 Å². The van der Waals surface area contributed by atoms with Crippen molar-refractivity contribution in [2.75, 3.05) is 0 Å². The van der Waals surface area contributed by atoms with Gasteiger partial charge in [0.05, 0.1) is 10.7 Å². The molecule has 1 aromatic heterocycles. The van der Waals surface area contributed by atoms with E-state index in [1.807, 2.05) is 0 Å². The fraction of sp³-hybridized carbons (Fsp3) is 0.667.